The van der Waals surface area contributed by atoms with Gasteiger partial charge in [0.25, 0.3) is 5.91 Å². The minimum absolute atomic E-state index is 0.0341. The van der Waals surface area contributed by atoms with Crippen molar-refractivity contribution >= 4 is 23.2 Å². The molecule has 2 N–H and O–H groups in total. The summed E-state index contributed by atoms with van der Waals surface area (Å²) in [5.41, 5.74) is 1.52. The van der Waals surface area contributed by atoms with E-state index >= 15 is 0 Å². The second-order valence-corrected chi connectivity index (χ2v) is 9.34. The van der Waals surface area contributed by atoms with E-state index in [0.29, 0.717) is 31.6 Å². The standard InChI is InChI=1S/C23H31N3O3S/c1-16(2)12-19(23(29)26-10-8-18(14-27)9-11-26)25-22(28)20-15-30-21(24-20)13-17-6-4-3-5-7-17/h3-7,15-16,18-19,27H,8-14H2,1-2H3,(H,25,28)/t19-/m1/s1. The van der Waals surface area contributed by atoms with E-state index in [1.165, 1.54) is 11.3 Å². The van der Waals surface area contributed by atoms with Gasteiger partial charge in [-0.05, 0) is 36.7 Å². The number of nitrogens with one attached hydrogen (secondary N) is 1. The number of thiazole rings is 1. The van der Waals surface area contributed by atoms with Crippen molar-refractivity contribution in [1.82, 2.24) is 15.2 Å². The maximum atomic E-state index is 13.1. The number of hydrogen-bond donors (Lipinski definition) is 2. The third-order valence-electron chi connectivity index (χ3n) is 5.48. The lowest BCUT2D eigenvalue weighted by atomic mass is 9.96. The van der Waals surface area contributed by atoms with Crippen LogP contribution in [0.15, 0.2) is 35.7 Å². The average molecular weight is 430 g/mol. The maximum absolute atomic E-state index is 13.1. The summed E-state index contributed by atoms with van der Waals surface area (Å²) in [4.78, 5) is 32.2. The summed E-state index contributed by atoms with van der Waals surface area (Å²) in [6.07, 6.45) is 2.89. The highest BCUT2D eigenvalue weighted by molar-refractivity contribution is 7.09. The van der Waals surface area contributed by atoms with Gasteiger partial charge in [-0.3, -0.25) is 9.59 Å². The molecule has 2 heterocycles. The molecule has 162 valence electrons. The number of benzene rings is 1. The van der Waals surface area contributed by atoms with Gasteiger partial charge in [0.15, 0.2) is 0 Å². The number of carbonyl (C=O) groups excluding carboxylic acids is 2. The number of piperidine rings is 1. The number of rotatable bonds is 8. The van der Waals surface area contributed by atoms with Crippen molar-refractivity contribution in [2.45, 2.75) is 45.6 Å². The van der Waals surface area contributed by atoms with Crippen LogP contribution in [0.4, 0.5) is 0 Å². The number of amides is 2. The molecule has 7 heteroatoms. The van der Waals surface area contributed by atoms with Gasteiger partial charge in [0.1, 0.15) is 11.7 Å². The van der Waals surface area contributed by atoms with Crippen molar-refractivity contribution in [3.63, 3.8) is 0 Å². The Bertz CT molecular complexity index is 829. The number of aromatic nitrogens is 1. The lowest BCUT2D eigenvalue weighted by Crippen LogP contribution is -2.51. The number of aliphatic hydroxyl groups excluding tert-OH is 1. The zero-order chi connectivity index (χ0) is 21.5. The Morgan fingerprint density at radius 2 is 1.93 bits per heavy atom. The van der Waals surface area contributed by atoms with Gasteiger partial charge >= 0.3 is 0 Å². The van der Waals surface area contributed by atoms with Crippen molar-refractivity contribution in [2.24, 2.45) is 11.8 Å². The van der Waals surface area contributed by atoms with Crippen LogP contribution in [0.5, 0.6) is 0 Å². The summed E-state index contributed by atoms with van der Waals surface area (Å²) in [6, 6.07) is 9.48. The Labute approximate surface area is 182 Å². The second-order valence-electron chi connectivity index (χ2n) is 8.40. The van der Waals surface area contributed by atoms with Crippen LogP contribution in [0.25, 0.3) is 0 Å². The summed E-state index contributed by atoms with van der Waals surface area (Å²) >= 11 is 1.46. The quantitative estimate of drug-likeness (QED) is 0.676. The summed E-state index contributed by atoms with van der Waals surface area (Å²) in [5.74, 6) is 0.214. The molecule has 0 radical (unpaired) electrons. The van der Waals surface area contributed by atoms with Crippen LogP contribution in [-0.2, 0) is 11.2 Å². The van der Waals surface area contributed by atoms with Crippen molar-refractivity contribution < 1.29 is 14.7 Å². The van der Waals surface area contributed by atoms with Gasteiger partial charge in [-0.25, -0.2) is 4.98 Å². The SMILES string of the molecule is CC(C)C[C@@H](NC(=O)c1csc(Cc2ccccc2)n1)C(=O)N1CCC(CO)CC1. The second kappa shape index (κ2) is 10.7. The first-order chi connectivity index (χ1) is 14.5. The van der Waals surface area contributed by atoms with Gasteiger partial charge < -0.3 is 15.3 Å². The minimum atomic E-state index is -0.553. The molecule has 2 aromatic rings. The zero-order valence-electron chi connectivity index (χ0n) is 17.7. The molecule has 1 aliphatic heterocycles. The molecule has 1 aromatic heterocycles. The normalized spacial score (nSPS) is 15.9. The highest BCUT2D eigenvalue weighted by atomic mass is 32.1. The lowest BCUT2D eigenvalue weighted by Gasteiger charge is -2.34. The lowest BCUT2D eigenvalue weighted by molar-refractivity contribution is -0.135. The number of carbonyl (C=O) groups is 2. The van der Waals surface area contributed by atoms with Crippen LogP contribution in [-0.4, -0.2) is 52.5 Å². The van der Waals surface area contributed by atoms with E-state index in [9.17, 15) is 14.7 Å². The van der Waals surface area contributed by atoms with E-state index in [2.05, 4.69) is 10.3 Å². The smallest absolute Gasteiger partial charge is 0.271 e. The molecule has 1 aliphatic rings. The van der Waals surface area contributed by atoms with Crippen LogP contribution in [0.3, 0.4) is 0 Å². The molecular weight excluding hydrogens is 398 g/mol. The molecule has 1 atom stereocenters. The van der Waals surface area contributed by atoms with Crippen molar-refractivity contribution in [1.29, 1.82) is 0 Å². The Morgan fingerprint density at radius 1 is 1.23 bits per heavy atom. The molecule has 0 spiro atoms. The van der Waals surface area contributed by atoms with Crippen LogP contribution in [0, 0.1) is 11.8 Å². The van der Waals surface area contributed by atoms with Gasteiger partial charge in [-0.1, -0.05) is 44.2 Å². The highest BCUT2D eigenvalue weighted by Crippen LogP contribution is 2.19. The van der Waals surface area contributed by atoms with Crippen molar-refractivity contribution in [2.75, 3.05) is 19.7 Å². The van der Waals surface area contributed by atoms with Crippen molar-refractivity contribution in [3.8, 4) is 0 Å². The first-order valence-electron chi connectivity index (χ1n) is 10.6. The summed E-state index contributed by atoms with van der Waals surface area (Å²) in [7, 11) is 0. The maximum Gasteiger partial charge on any atom is 0.271 e. The molecule has 1 saturated heterocycles. The van der Waals surface area contributed by atoms with E-state index in [4.69, 9.17) is 0 Å². The van der Waals surface area contributed by atoms with Crippen LogP contribution >= 0.6 is 11.3 Å². The van der Waals surface area contributed by atoms with Gasteiger partial charge in [0, 0.05) is 31.5 Å². The summed E-state index contributed by atoms with van der Waals surface area (Å²) in [5, 5.41) is 14.9. The molecule has 30 heavy (non-hydrogen) atoms. The van der Waals surface area contributed by atoms with Gasteiger partial charge in [0.05, 0.1) is 5.01 Å². The zero-order valence-corrected chi connectivity index (χ0v) is 18.5. The number of likely N-dealkylation sites (tertiary alicyclic amines) is 1. The molecule has 2 amide bonds. The summed E-state index contributed by atoms with van der Waals surface area (Å²) in [6.45, 7) is 5.53. The van der Waals surface area contributed by atoms with Crippen LogP contribution < -0.4 is 5.32 Å². The van der Waals surface area contributed by atoms with Gasteiger partial charge in [-0.15, -0.1) is 11.3 Å². The molecule has 0 saturated carbocycles. The third kappa shape index (κ3) is 6.12. The molecule has 1 fully saturated rings. The van der Waals surface area contributed by atoms with Crippen LogP contribution in [0.1, 0.15) is 54.2 Å². The van der Waals surface area contributed by atoms with E-state index in [1.54, 1.807) is 5.38 Å². The Hall–Kier alpha value is -2.25. The molecule has 3 rings (SSSR count). The average Bonchev–Trinajstić information content (AvgIpc) is 3.22. The fraction of sp³-hybridized carbons (Fsp3) is 0.522. The topological polar surface area (TPSA) is 82.5 Å². The predicted molar refractivity (Wildman–Crippen MR) is 118 cm³/mol. The first-order valence-corrected chi connectivity index (χ1v) is 11.5. The van der Waals surface area contributed by atoms with E-state index in [0.717, 1.165) is 23.4 Å². The minimum Gasteiger partial charge on any atom is -0.396 e. The first kappa shape index (κ1) is 22.4. The molecule has 1 aromatic carbocycles. The molecule has 0 bridgehead atoms. The fourth-order valence-corrected chi connectivity index (χ4v) is 4.56. The fourth-order valence-electron chi connectivity index (χ4n) is 3.75. The predicted octanol–water partition coefficient (Wildman–Crippen LogP) is 3.11. The van der Waals surface area contributed by atoms with E-state index in [1.807, 2.05) is 49.1 Å². The van der Waals surface area contributed by atoms with Gasteiger partial charge in [0.2, 0.25) is 5.91 Å². The largest absolute Gasteiger partial charge is 0.396 e. The number of aliphatic hydroxyl groups is 1. The molecular formula is C23H31N3O3S. The third-order valence-corrected chi connectivity index (χ3v) is 6.33. The van der Waals surface area contributed by atoms with Crippen molar-refractivity contribution in [3.05, 3.63) is 52.0 Å². The monoisotopic (exact) mass is 429 g/mol. The molecule has 0 unspecified atom stereocenters. The molecule has 6 nitrogen and oxygen atoms in total. The number of hydrogen-bond acceptors (Lipinski definition) is 5. The number of nitrogens with zero attached hydrogens (tertiary/aromatic N) is 2. The highest BCUT2D eigenvalue weighted by Gasteiger charge is 2.30. The Kier molecular flexibility index (Phi) is 7.99. The van der Waals surface area contributed by atoms with E-state index in [-0.39, 0.29) is 30.3 Å². The Morgan fingerprint density at radius 3 is 2.57 bits per heavy atom. The van der Waals surface area contributed by atoms with Gasteiger partial charge in [-0.2, -0.15) is 0 Å². The van der Waals surface area contributed by atoms with Crippen LogP contribution in [0.2, 0.25) is 0 Å². The summed E-state index contributed by atoms with van der Waals surface area (Å²) < 4.78 is 0. The van der Waals surface area contributed by atoms with E-state index < -0.39 is 6.04 Å². The Balaban J connectivity index is 1.63. The molecule has 0 aliphatic carbocycles.